The van der Waals surface area contributed by atoms with Gasteiger partial charge < -0.3 is 0 Å². The lowest BCUT2D eigenvalue weighted by molar-refractivity contribution is 0.0922. The van der Waals surface area contributed by atoms with Crippen LogP contribution in [0.15, 0.2) is 30.3 Å². The predicted octanol–water partition coefficient (Wildman–Crippen LogP) is 4.85. The average Bonchev–Trinajstić information content (AvgIpc) is 2.89. The molecule has 1 aromatic carbocycles. The molecule has 3 rings (SSSR count). The van der Waals surface area contributed by atoms with Gasteiger partial charge in [0.25, 0.3) is 0 Å². The Morgan fingerprint density at radius 2 is 1.91 bits per heavy atom. The molecule has 2 aromatic rings. The van der Waals surface area contributed by atoms with Gasteiger partial charge in [-0.05, 0) is 24.7 Å². The zero-order valence-electron chi connectivity index (χ0n) is 13.8. The number of carbonyl (C=O) groups excluding carboxylic acids is 1. The average molecular weight is 296 g/mol. The Bertz CT molecular complexity index is 685. The second-order valence-electron chi connectivity index (χ2n) is 6.77. The van der Waals surface area contributed by atoms with Gasteiger partial charge in [0.1, 0.15) is 0 Å². The Kier molecular flexibility index (Phi) is 3.90. The van der Waals surface area contributed by atoms with E-state index in [0.717, 1.165) is 23.4 Å². The van der Waals surface area contributed by atoms with Crippen LogP contribution in [-0.4, -0.2) is 15.7 Å². The molecule has 2 unspecified atom stereocenters. The maximum absolute atomic E-state index is 12.1. The molecular formula is C19H24N2O. The maximum atomic E-state index is 12.1. The summed E-state index contributed by atoms with van der Waals surface area (Å²) in [6.07, 6.45) is 2.33. The SMILES string of the molecule is CC(=O)n1nc2c(c1-c1ccccc1)C(C)CCC2C(C)C. The van der Waals surface area contributed by atoms with Gasteiger partial charge in [-0.25, -0.2) is 0 Å². The molecule has 1 aliphatic carbocycles. The fourth-order valence-electron chi connectivity index (χ4n) is 3.67. The molecule has 1 aromatic heterocycles. The fraction of sp³-hybridized carbons (Fsp3) is 0.474. The summed E-state index contributed by atoms with van der Waals surface area (Å²) in [5, 5.41) is 4.75. The largest absolute Gasteiger partial charge is 0.273 e. The number of hydrogen-bond donors (Lipinski definition) is 0. The molecule has 0 N–H and O–H groups in total. The summed E-state index contributed by atoms with van der Waals surface area (Å²) >= 11 is 0. The molecule has 0 radical (unpaired) electrons. The maximum Gasteiger partial charge on any atom is 0.244 e. The van der Waals surface area contributed by atoms with Crippen molar-refractivity contribution in [2.75, 3.05) is 0 Å². The highest BCUT2D eigenvalue weighted by molar-refractivity contribution is 5.83. The van der Waals surface area contributed by atoms with Gasteiger partial charge in [-0.1, -0.05) is 51.1 Å². The monoisotopic (exact) mass is 296 g/mol. The number of benzene rings is 1. The second kappa shape index (κ2) is 5.71. The van der Waals surface area contributed by atoms with Crippen LogP contribution in [0.4, 0.5) is 0 Å². The molecule has 0 spiro atoms. The van der Waals surface area contributed by atoms with Gasteiger partial charge in [-0.15, -0.1) is 0 Å². The molecule has 0 bridgehead atoms. The lowest BCUT2D eigenvalue weighted by Crippen LogP contribution is -2.16. The third-order valence-electron chi connectivity index (χ3n) is 4.86. The molecule has 0 saturated heterocycles. The van der Waals surface area contributed by atoms with Gasteiger partial charge >= 0.3 is 0 Å². The van der Waals surface area contributed by atoms with Crippen LogP contribution < -0.4 is 0 Å². The van der Waals surface area contributed by atoms with E-state index in [2.05, 4.69) is 32.9 Å². The molecule has 3 nitrogen and oxygen atoms in total. The normalized spacial score (nSPS) is 21.0. The number of carbonyl (C=O) groups is 1. The van der Waals surface area contributed by atoms with E-state index in [-0.39, 0.29) is 5.91 Å². The smallest absolute Gasteiger partial charge is 0.244 e. The Hall–Kier alpha value is -1.90. The molecule has 0 saturated carbocycles. The number of fused-ring (bicyclic) bond motifs is 1. The molecule has 2 atom stereocenters. The number of nitrogens with zero attached hydrogens (tertiary/aromatic N) is 2. The minimum atomic E-state index is -0.0111. The molecule has 1 heterocycles. The summed E-state index contributed by atoms with van der Waals surface area (Å²) in [6, 6.07) is 10.2. The van der Waals surface area contributed by atoms with Crippen molar-refractivity contribution in [1.82, 2.24) is 9.78 Å². The second-order valence-corrected chi connectivity index (χ2v) is 6.77. The van der Waals surface area contributed by atoms with Gasteiger partial charge in [0, 0.05) is 24.0 Å². The minimum absolute atomic E-state index is 0.0111. The highest BCUT2D eigenvalue weighted by Crippen LogP contribution is 2.45. The number of hydrogen-bond acceptors (Lipinski definition) is 2. The summed E-state index contributed by atoms with van der Waals surface area (Å²) in [5.41, 5.74) is 4.51. The highest BCUT2D eigenvalue weighted by Gasteiger charge is 2.34. The van der Waals surface area contributed by atoms with Crippen molar-refractivity contribution in [3.63, 3.8) is 0 Å². The zero-order chi connectivity index (χ0) is 15.9. The molecule has 0 amide bonds. The van der Waals surface area contributed by atoms with E-state index in [9.17, 15) is 4.79 Å². The van der Waals surface area contributed by atoms with Crippen LogP contribution >= 0.6 is 0 Å². The predicted molar refractivity (Wildman–Crippen MR) is 89.2 cm³/mol. The Labute approximate surface area is 132 Å². The molecule has 116 valence electrons. The Balaban J connectivity index is 2.27. The van der Waals surface area contributed by atoms with E-state index in [4.69, 9.17) is 5.10 Å². The van der Waals surface area contributed by atoms with E-state index in [1.54, 1.807) is 11.6 Å². The Morgan fingerprint density at radius 3 is 2.50 bits per heavy atom. The number of rotatable bonds is 2. The molecule has 3 heteroatoms. The van der Waals surface area contributed by atoms with Crippen molar-refractivity contribution < 1.29 is 4.79 Å². The van der Waals surface area contributed by atoms with Crippen LogP contribution in [0.5, 0.6) is 0 Å². The van der Waals surface area contributed by atoms with Crippen molar-refractivity contribution in [3.8, 4) is 11.3 Å². The standard InChI is InChI=1S/C19H24N2O/c1-12(2)16-11-10-13(3)17-18(16)20-21(14(4)22)19(17)15-8-6-5-7-9-15/h5-9,12-13,16H,10-11H2,1-4H3. The van der Waals surface area contributed by atoms with E-state index in [1.807, 2.05) is 18.2 Å². The summed E-state index contributed by atoms with van der Waals surface area (Å²) in [4.78, 5) is 12.1. The van der Waals surface area contributed by atoms with Crippen LogP contribution in [-0.2, 0) is 0 Å². The first-order valence-electron chi connectivity index (χ1n) is 8.19. The third kappa shape index (κ3) is 2.39. The van der Waals surface area contributed by atoms with Crippen molar-refractivity contribution in [2.24, 2.45) is 5.92 Å². The lowest BCUT2D eigenvalue weighted by Gasteiger charge is -2.28. The number of aromatic nitrogens is 2. The van der Waals surface area contributed by atoms with Crippen molar-refractivity contribution in [3.05, 3.63) is 41.6 Å². The summed E-state index contributed by atoms with van der Waals surface area (Å²) in [5.74, 6) is 1.44. The molecule has 1 aliphatic rings. The topological polar surface area (TPSA) is 34.9 Å². The van der Waals surface area contributed by atoms with Crippen molar-refractivity contribution in [1.29, 1.82) is 0 Å². The van der Waals surface area contributed by atoms with Gasteiger partial charge in [0.2, 0.25) is 5.91 Å². The Morgan fingerprint density at radius 1 is 1.23 bits per heavy atom. The van der Waals surface area contributed by atoms with Gasteiger partial charge in [0.05, 0.1) is 11.4 Å². The van der Waals surface area contributed by atoms with E-state index in [1.165, 1.54) is 12.0 Å². The molecule has 0 fully saturated rings. The van der Waals surface area contributed by atoms with Crippen molar-refractivity contribution >= 4 is 5.91 Å². The van der Waals surface area contributed by atoms with Crippen molar-refractivity contribution in [2.45, 2.75) is 52.4 Å². The zero-order valence-corrected chi connectivity index (χ0v) is 13.8. The van der Waals surface area contributed by atoms with Crippen LogP contribution in [0.25, 0.3) is 11.3 Å². The first-order valence-corrected chi connectivity index (χ1v) is 8.19. The summed E-state index contributed by atoms with van der Waals surface area (Å²) < 4.78 is 1.62. The van der Waals surface area contributed by atoms with E-state index >= 15 is 0 Å². The summed E-state index contributed by atoms with van der Waals surface area (Å²) in [6.45, 7) is 8.35. The van der Waals surface area contributed by atoms with Crippen LogP contribution in [0, 0.1) is 5.92 Å². The lowest BCUT2D eigenvalue weighted by atomic mass is 9.75. The van der Waals surface area contributed by atoms with Gasteiger partial charge in [0.15, 0.2) is 0 Å². The molecular weight excluding hydrogens is 272 g/mol. The molecule has 22 heavy (non-hydrogen) atoms. The quantitative estimate of drug-likeness (QED) is 0.794. The highest BCUT2D eigenvalue weighted by atomic mass is 16.2. The van der Waals surface area contributed by atoms with Gasteiger partial charge in [-0.2, -0.15) is 9.78 Å². The first-order chi connectivity index (χ1) is 10.5. The minimum Gasteiger partial charge on any atom is -0.273 e. The fourth-order valence-corrected chi connectivity index (χ4v) is 3.67. The first kappa shape index (κ1) is 15.0. The molecule has 0 aliphatic heterocycles. The van der Waals surface area contributed by atoms with E-state index < -0.39 is 0 Å². The van der Waals surface area contributed by atoms with Crippen LogP contribution in [0.2, 0.25) is 0 Å². The third-order valence-corrected chi connectivity index (χ3v) is 4.86. The van der Waals surface area contributed by atoms with E-state index in [0.29, 0.717) is 17.8 Å². The van der Waals surface area contributed by atoms with Crippen LogP contribution in [0.3, 0.4) is 0 Å². The van der Waals surface area contributed by atoms with Crippen LogP contribution in [0.1, 0.15) is 68.4 Å². The summed E-state index contributed by atoms with van der Waals surface area (Å²) in [7, 11) is 0. The van der Waals surface area contributed by atoms with Gasteiger partial charge in [-0.3, -0.25) is 4.79 Å².